The van der Waals surface area contributed by atoms with Gasteiger partial charge >= 0.3 is 17.9 Å². The van der Waals surface area contributed by atoms with E-state index in [1.54, 1.807) is 20.8 Å². The van der Waals surface area contributed by atoms with E-state index in [-0.39, 0.29) is 11.8 Å². The minimum atomic E-state index is -1.82. The predicted octanol–water partition coefficient (Wildman–Crippen LogP) is 0.784. The van der Waals surface area contributed by atoms with E-state index in [1.807, 2.05) is 0 Å². The van der Waals surface area contributed by atoms with E-state index in [1.165, 1.54) is 0 Å². The highest BCUT2D eigenvalue weighted by atomic mass is 16.5. The van der Waals surface area contributed by atoms with Gasteiger partial charge in [0.2, 0.25) is 0 Å². The van der Waals surface area contributed by atoms with Crippen molar-refractivity contribution in [3.8, 4) is 0 Å². The summed E-state index contributed by atoms with van der Waals surface area (Å²) in [5, 5.41) is 14.8. The van der Waals surface area contributed by atoms with Crippen molar-refractivity contribution in [2.24, 2.45) is 0 Å². The van der Waals surface area contributed by atoms with Gasteiger partial charge < -0.3 is 24.8 Å². The van der Waals surface area contributed by atoms with Crippen molar-refractivity contribution in [3.63, 3.8) is 0 Å². The smallest absolute Gasteiger partial charge is 0.414 e. The summed E-state index contributed by atoms with van der Waals surface area (Å²) in [6, 6.07) is 0. The maximum Gasteiger partial charge on any atom is 0.414 e. The van der Waals surface area contributed by atoms with E-state index < -0.39 is 11.9 Å². The second kappa shape index (κ2) is 11.3. The summed E-state index contributed by atoms with van der Waals surface area (Å²) in [5.74, 6) is -3.98. The summed E-state index contributed by atoms with van der Waals surface area (Å²) >= 11 is 0. The van der Waals surface area contributed by atoms with Crippen molar-refractivity contribution in [2.45, 2.75) is 27.7 Å². The third kappa shape index (κ3) is 6.99. The summed E-state index contributed by atoms with van der Waals surface area (Å²) in [5.41, 5.74) is 2.41. The first-order valence-electron chi connectivity index (χ1n) is 9.42. The average Bonchev–Trinajstić information content (AvgIpc) is 2.97. The number of esters is 1. The third-order valence-corrected chi connectivity index (χ3v) is 4.66. The lowest BCUT2D eigenvalue weighted by atomic mass is 10.1. The summed E-state index contributed by atoms with van der Waals surface area (Å²) < 4.78 is 5.07. The van der Waals surface area contributed by atoms with Crippen molar-refractivity contribution in [2.75, 3.05) is 45.9 Å². The first-order valence-corrected chi connectivity index (χ1v) is 9.42. The number of nitrogens with one attached hydrogen (secondary N) is 1. The summed E-state index contributed by atoms with van der Waals surface area (Å²) in [7, 11) is 0. The maximum absolute atomic E-state index is 12.6. The average molecular weight is 411 g/mol. The van der Waals surface area contributed by atoms with Crippen LogP contribution in [0.15, 0.2) is 0 Å². The molecule has 2 heterocycles. The highest BCUT2D eigenvalue weighted by Gasteiger charge is 2.25. The summed E-state index contributed by atoms with van der Waals surface area (Å²) in [6.07, 6.45) is 0. The monoisotopic (exact) mass is 411 g/mol. The van der Waals surface area contributed by atoms with E-state index in [0.29, 0.717) is 35.7 Å². The Morgan fingerprint density at radius 1 is 0.966 bits per heavy atom. The van der Waals surface area contributed by atoms with E-state index in [9.17, 15) is 9.59 Å². The number of H-pyrrole nitrogens is 1. The number of rotatable bonds is 6. The molecule has 0 unspecified atom stereocenters. The van der Waals surface area contributed by atoms with E-state index in [4.69, 9.17) is 24.5 Å². The number of Topliss-reactive ketones (excluding diaryl/α,β-unsaturated/α-hetero) is 1. The van der Waals surface area contributed by atoms with Gasteiger partial charge in [0.05, 0.1) is 24.4 Å². The van der Waals surface area contributed by atoms with E-state index in [0.717, 1.165) is 32.7 Å². The Morgan fingerprint density at radius 2 is 1.48 bits per heavy atom. The Balaban J connectivity index is 0.000000612. The minimum absolute atomic E-state index is 0.0334. The molecule has 0 aliphatic carbocycles. The normalized spacial score (nSPS) is 14.6. The number of nitrogens with zero attached hydrogens (tertiary/aromatic N) is 2. The van der Waals surface area contributed by atoms with Crippen LogP contribution in [0, 0.1) is 13.8 Å². The van der Waals surface area contributed by atoms with Crippen LogP contribution < -0.4 is 0 Å². The van der Waals surface area contributed by atoms with Crippen LogP contribution in [0.5, 0.6) is 0 Å². The largest absolute Gasteiger partial charge is 0.473 e. The van der Waals surface area contributed by atoms with Gasteiger partial charge in [-0.05, 0) is 32.9 Å². The fourth-order valence-corrected chi connectivity index (χ4v) is 3.08. The van der Waals surface area contributed by atoms with Gasteiger partial charge in [0.1, 0.15) is 0 Å². The number of carboxylic acids is 2. The number of hydrogen-bond donors (Lipinski definition) is 3. The zero-order valence-electron chi connectivity index (χ0n) is 17.3. The molecule has 1 aliphatic rings. The Morgan fingerprint density at radius 3 is 1.93 bits per heavy atom. The van der Waals surface area contributed by atoms with Crippen LogP contribution in [0.1, 0.15) is 46.0 Å². The quantitative estimate of drug-likeness (QED) is 0.352. The molecule has 10 nitrogen and oxygen atoms in total. The van der Waals surface area contributed by atoms with E-state index >= 15 is 0 Å². The number of likely N-dealkylation sites (N-methyl/N-ethyl adjacent to an activating group) is 1. The Labute approximate surface area is 169 Å². The standard InChI is InChI=1S/C17H27N3O3.C2H2O4/c1-5-19-7-9-20(10-8-19)11-14(21)16-12(3)15(13(4)18-16)17(22)23-6-2;3-1(4)2(5)6/h18H,5-11H2,1-4H3;(H,3,4)(H,5,6). The first kappa shape index (κ1) is 24.3. The molecule has 2 rings (SSSR count). The molecule has 0 saturated carbocycles. The van der Waals surface area contributed by atoms with Crippen molar-refractivity contribution < 1.29 is 34.1 Å². The second-order valence-electron chi connectivity index (χ2n) is 6.59. The SMILES string of the molecule is CCOC(=O)c1c(C)[nH]c(C(=O)CN2CCN(CC)CC2)c1C.O=C(O)C(=O)O. The zero-order valence-corrected chi connectivity index (χ0v) is 17.3. The molecule has 10 heteroatoms. The lowest BCUT2D eigenvalue weighted by Gasteiger charge is -2.33. The van der Waals surface area contributed by atoms with Crippen LogP contribution in [0.25, 0.3) is 0 Å². The zero-order chi connectivity index (χ0) is 22.1. The molecule has 0 aromatic carbocycles. The highest BCUT2D eigenvalue weighted by molar-refractivity contribution is 6.27. The number of hydrogen-bond acceptors (Lipinski definition) is 7. The molecule has 1 fully saturated rings. The number of aliphatic carboxylic acids is 2. The lowest BCUT2D eigenvalue weighted by Crippen LogP contribution is -2.47. The number of carbonyl (C=O) groups excluding carboxylic acids is 2. The lowest BCUT2D eigenvalue weighted by molar-refractivity contribution is -0.159. The molecule has 0 atom stereocenters. The Hall–Kier alpha value is -2.72. The number of aryl methyl sites for hydroxylation is 1. The predicted molar refractivity (Wildman–Crippen MR) is 104 cm³/mol. The molecule has 1 aromatic rings. The number of aromatic amines is 1. The molecule has 162 valence electrons. The van der Waals surface area contributed by atoms with Crippen LogP contribution in [-0.2, 0) is 14.3 Å². The minimum Gasteiger partial charge on any atom is -0.473 e. The van der Waals surface area contributed by atoms with Crippen molar-refractivity contribution >= 4 is 23.7 Å². The van der Waals surface area contributed by atoms with Gasteiger partial charge in [-0.15, -0.1) is 0 Å². The fourth-order valence-electron chi connectivity index (χ4n) is 3.08. The molecule has 0 radical (unpaired) electrons. The topological polar surface area (TPSA) is 140 Å². The molecule has 3 N–H and O–H groups in total. The third-order valence-electron chi connectivity index (χ3n) is 4.66. The molecule has 29 heavy (non-hydrogen) atoms. The van der Waals surface area contributed by atoms with Crippen LogP contribution in [0.2, 0.25) is 0 Å². The van der Waals surface area contributed by atoms with Crippen LogP contribution in [0.4, 0.5) is 0 Å². The molecular weight excluding hydrogens is 382 g/mol. The molecule has 1 aromatic heterocycles. The van der Waals surface area contributed by atoms with Crippen molar-refractivity contribution in [3.05, 3.63) is 22.5 Å². The first-order chi connectivity index (χ1) is 13.6. The number of piperazine rings is 1. The van der Waals surface area contributed by atoms with Gasteiger partial charge in [-0.3, -0.25) is 9.69 Å². The Kier molecular flexibility index (Phi) is 9.49. The van der Waals surface area contributed by atoms with Gasteiger partial charge in [0.15, 0.2) is 5.78 Å². The summed E-state index contributed by atoms with van der Waals surface area (Å²) in [6.45, 7) is 13.1. The van der Waals surface area contributed by atoms with Gasteiger partial charge in [-0.25, -0.2) is 14.4 Å². The highest BCUT2D eigenvalue weighted by Crippen LogP contribution is 2.20. The molecular formula is C19H29N3O7. The molecule has 0 spiro atoms. The van der Waals surface area contributed by atoms with E-state index in [2.05, 4.69) is 21.7 Å². The van der Waals surface area contributed by atoms with Gasteiger partial charge in [0.25, 0.3) is 0 Å². The van der Waals surface area contributed by atoms with Crippen LogP contribution in [0.3, 0.4) is 0 Å². The molecule has 0 amide bonds. The van der Waals surface area contributed by atoms with Crippen LogP contribution >= 0.6 is 0 Å². The number of carboxylic acid groups (broad SMARTS) is 2. The van der Waals surface area contributed by atoms with Gasteiger partial charge in [0, 0.05) is 31.9 Å². The number of carbonyl (C=O) groups is 4. The van der Waals surface area contributed by atoms with Gasteiger partial charge in [-0.1, -0.05) is 6.92 Å². The molecule has 1 saturated heterocycles. The summed E-state index contributed by atoms with van der Waals surface area (Å²) in [4.78, 5) is 50.4. The number of ether oxygens (including phenoxy) is 1. The molecule has 1 aliphatic heterocycles. The Bertz CT molecular complexity index is 737. The maximum atomic E-state index is 12.6. The van der Waals surface area contributed by atoms with Gasteiger partial charge in [-0.2, -0.15) is 0 Å². The second-order valence-corrected chi connectivity index (χ2v) is 6.59. The number of aromatic nitrogens is 1. The molecule has 0 bridgehead atoms. The fraction of sp³-hybridized carbons (Fsp3) is 0.579. The van der Waals surface area contributed by atoms with Crippen molar-refractivity contribution in [1.82, 2.24) is 14.8 Å². The number of ketones is 1. The van der Waals surface area contributed by atoms with Crippen molar-refractivity contribution in [1.29, 1.82) is 0 Å². The van der Waals surface area contributed by atoms with Crippen LogP contribution in [-0.4, -0.2) is 94.6 Å².